The van der Waals surface area contributed by atoms with E-state index in [0.29, 0.717) is 31.4 Å². The summed E-state index contributed by atoms with van der Waals surface area (Å²) in [5, 5.41) is 23.7. The Labute approximate surface area is 224 Å². The van der Waals surface area contributed by atoms with E-state index < -0.39 is 52.4 Å². The number of aromatic nitrogens is 2. The molecule has 0 unspecified atom stereocenters. The van der Waals surface area contributed by atoms with Crippen molar-refractivity contribution in [3.8, 4) is 11.3 Å². The van der Waals surface area contributed by atoms with Crippen LogP contribution in [0.25, 0.3) is 11.3 Å². The first-order chi connectivity index (χ1) is 18.6. The fourth-order valence-electron chi connectivity index (χ4n) is 5.94. The van der Waals surface area contributed by atoms with Gasteiger partial charge in [-0.25, -0.2) is 18.2 Å². The van der Waals surface area contributed by atoms with Gasteiger partial charge in [0, 0.05) is 12.2 Å². The molecule has 0 saturated heterocycles. The molecule has 0 spiro atoms. The van der Waals surface area contributed by atoms with E-state index in [4.69, 9.17) is 5.73 Å². The zero-order chi connectivity index (χ0) is 27.9. The van der Waals surface area contributed by atoms with Crippen LogP contribution in [0, 0.1) is 23.4 Å². The smallest absolute Gasteiger partial charge is 0.274 e. The molecule has 39 heavy (non-hydrogen) atoms. The van der Waals surface area contributed by atoms with Crippen LogP contribution in [0.4, 0.5) is 18.9 Å². The number of halogens is 3. The van der Waals surface area contributed by atoms with Crippen molar-refractivity contribution in [3.05, 3.63) is 77.0 Å². The first kappa shape index (κ1) is 27.2. The Kier molecular flexibility index (Phi) is 7.45. The molecule has 2 aromatic heterocycles. The van der Waals surface area contributed by atoms with Crippen LogP contribution in [0.15, 0.2) is 42.7 Å². The van der Waals surface area contributed by atoms with E-state index in [1.807, 2.05) is 6.92 Å². The third-order valence-electron chi connectivity index (χ3n) is 8.10. The van der Waals surface area contributed by atoms with E-state index in [9.17, 15) is 19.4 Å². The van der Waals surface area contributed by atoms with Gasteiger partial charge in [-0.2, -0.15) is 0 Å². The number of anilines is 1. The average molecular weight is 541 g/mol. The molecule has 3 aromatic rings. The molecule has 7 nitrogen and oxygen atoms in total. The quantitative estimate of drug-likeness (QED) is 0.370. The minimum atomic E-state index is -1.33. The van der Waals surface area contributed by atoms with E-state index in [0.717, 1.165) is 42.7 Å². The first-order valence-electron chi connectivity index (χ1n) is 13.1. The summed E-state index contributed by atoms with van der Waals surface area (Å²) < 4.78 is 45.0. The van der Waals surface area contributed by atoms with Crippen molar-refractivity contribution in [2.45, 2.75) is 69.1 Å². The van der Waals surface area contributed by atoms with E-state index >= 15 is 8.78 Å². The summed E-state index contributed by atoms with van der Waals surface area (Å²) >= 11 is 0. The SMILES string of the molecule is C[C@H]1C[C@@H](c2ccncc2NC(=O)c2ccc(F)c(-c3c(F)cc(C4(O)CCCC4)cc3F)n2)C[C@@H](N)[C@@H]1O. The predicted molar refractivity (Wildman–Crippen MR) is 139 cm³/mol. The molecule has 2 heterocycles. The van der Waals surface area contributed by atoms with Crippen molar-refractivity contribution in [2.75, 3.05) is 5.32 Å². The zero-order valence-electron chi connectivity index (χ0n) is 21.5. The molecule has 5 rings (SSSR count). The fraction of sp³-hybridized carbons (Fsp3) is 0.414. The Bertz CT molecular complexity index is 1360. The van der Waals surface area contributed by atoms with Gasteiger partial charge in [0.25, 0.3) is 5.91 Å². The maximum Gasteiger partial charge on any atom is 0.274 e. The van der Waals surface area contributed by atoms with Crippen LogP contribution in [0.3, 0.4) is 0 Å². The van der Waals surface area contributed by atoms with Crippen molar-refractivity contribution in [1.82, 2.24) is 9.97 Å². The minimum absolute atomic E-state index is 0.0372. The molecule has 2 aliphatic carbocycles. The number of nitrogens with two attached hydrogens (primary N) is 1. The molecule has 0 radical (unpaired) electrons. The Morgan fingerprint density at radius 2 is 1.77 bits per heavy atom. The van der Waals surface area contributed by atoms with Crippen molar-refractivity contribution < 1.29 is 28.2 Å². The zero-order valence-corrected chi connectivity index (χ0v) is 21.5. The number of benzene rings is 1. The maximum absolute atomic E-state index is 15.1. The van der Waals surface area contributed by atoms with Crippen LogP contribution in [0.1, 0.15) is 73.0 Å². The molecule has 4 atom stereocenters. The van der Waals surface area contributed by atoms with Crippen LogP contribution in [0.2, 0.25) is 0 Å². The van der Waals surface area contributed by atoms with Gasteiger partial charge in [-0.15, -0.1) is 0 Å². The van der Waals surface area contributed by atoms with Crippen molar-refractivity contribution in [1.29, 1.82) is 0 Å². The van der Waals surface area contributed by atoms with Gasteiger partial charge in [-0.05, 0) is 79.0 Å². The summed E-state index contributed by atoms with van der Waals surface area (Å²) in [5.41, 5.74) is 4.49. The lowest BCUT2D eigenvalue weighted by molar-refractivity contribution is 0.0438. The van der Waals surface area contributed by atoms with Crippen molar-refractivity contribution >= 4 is 11.6 Å². The van der Waals surface area contributed by atoms with Gasteiger partial charge in [-0.3, -0.25) is 9.78 Å². The molecule has 5 N–H and O–H groups in total. The summed E-state index contributed by atoms with van der Waals surface area (Å²) in [4.78, 5) is 21.2. The molecular weight excluding hydrogens is 509 g/mol. The van der Waals surface area contributed by atoms with Gasteiger partial charge >= 0.3 is 0 Å². The molecule has 2 aliphatic rings. The number of pyridine rings is 2. The second-order valence-corrected chi connectivity index (χ2v) is 10.8. The van der Waals surface area contributed by atoms with Crippen LogP contribution in [-0.2, 0) is 5.60 Å². The number of aliphatic hydroxyl groups excluding tert-OH is 1. The normalized spacial score (nSPS) is 24.5. The van der Waals surface area contributed by atoms with E-state index in [-0.39, 0.29) is 23.1 Å². The largest absolute Gasteiger partial charge is 0.391 e. The second kappa shape index (κ2) is 10.7. The highest BCUT2D eigenvalue weighted by atomic mass is 19.1. The first-order valence-corrected chi connectivity index (χ1v) is 13.1. The molecule has 10 heteroatoms. The number of rotatable bonds is 5. The molecule has 206 valence electrons. The Morgan fingerprint density at radius 1 is 1.08 bits per heavy atom. The lowest BCUT2D eigenvalue weighted by Crippen LogP contribution is -2.44. The molecule has 2 saturated carbocycles. The summed E-state index contributed by atoms with van der Waals surface area (Å²) in [6.07, 6.45) is 5.88. The number of amides is 1. The fourth-order valence-corrected chi connectivity index (χ4v) is 5.94. The summed E-state index contributed by atoms with van der Waals surface area (Å²) in [6, 6.07) is 5.43. The van der Waals surface area contributed by atoms with Gasteiger partial charge in [0.2, 0.25) is 0 Å². The number of nitrogens with zero attached hydrogens (tertiary/aromatic N) is 2. The van der Waals surface area contributed by atoms with Gasteiger partial charge in [0.1, 0.15) is 28.8 Å². The summed E-state index contributed by atoms with van der Waals surface area (Å²) in [7, 11) is 0. The second-order valence-electron chi connectivity index (χ2n) is 10.8. The molecular formula is C29H31F3N4O3. The highest BCUT2D eigenvalue weighted by molar-refractivity contribution is 6.03. The van der Waals surface area contributed by atoms with E-state index in [2.05, 4.69) is 15.3 Å². The monoisotopic (exact) mass is 540 g/mol. The predicted octanol–water partition coefficient (Wildman–Crippen LogP) is 4.78. The topological polar surface area (TPSA) is 121 Å². The van der Waals surface area contributed by atoms with Gasteiger partial charge in [0.15, 0.2) is 0 Å². The molecule has 0 aliphatic heterocycles. The highest BCUT2D eigenvalue weighted by Crippen LogP contribution is 2.41. The Morgan fingerprint density at radius 3 is 2.44 bits per heavy atom. The number of nitrogens with one attached hydrogen (secondary N) is 1. The van der Waals surface area contributed by atoms with Crippen LogP contribution in [-0.4, -0.2) is 38.2 Å². The number of aliphatic hydroxyl groups is 2. The van der Waals surface area contributed by atoms with Crippen LogP contribution >= 0.6 is 0 Å². The molecule has 0 bridgehead atoms. The number of hydrogen-bond acceptors (Lipinski definition) is 6. The van der Waals surface area contributed by atoms with E-state index in [1.165, 1.54) is 6.20 Å². The number of carbonyl (C=O) groups is 1. The van der Waals surface area contributed by atoms with Crippen LogP contribution < -0.4 is 11.1 Å². The lowest BCUT2D eigenvalue weighted by Gasteiger charge is -2.36. The standard InChI is InChI=1S/C29H31F3N4O3/c1-15-10-16(11-22(33)27(15)37)18-6-9-34-14-24(18)36-28(38)23-5-4-19(30)26(35-23)25-20(31)12-17(13-21(25)32)29(39)7-2-3-8-29/h4-6,9,12-16,22,27,37,39H,2-3,7-8,10-11,33H2,1H3,(H,36,38)/t15-,16+,22+,27+/m0/s1. The van der Waals surface area contributed by atoms with Gasteiger partial charge < -0.3 is 21.3 Å². The molecule has 1 amide bonds. The van der Waals surface area contributed by atoms with Crippen LogP contribution in [0.5, 0.6) is 0 Å². The third-order valence-corrected chi connectivity index (χ3v) is 8.10. The maximum atomic E-state index is 15.1. The van der Waals surface area contributed by atoms with Gasteiger partial charge in [0.05, 0.1) is 29.2 Å². The number of carbonyl (C=O) groups excluding carboxylic acids is 1. The minimum Gasteiger partial charge on any atom is -0.391 e. The summed E-state index contributed by atoms with van der Waals surface area (Å²) in [6.45, 7) is 1.92. The lowest BCUT2D eigenvalue weighted by atomic mass is 9.74. The van der Waals surface area contributed by atoms with E-state index in [1.54, 1.807) is 12.3 Å². The van der Waals surface area contributed by atoms with Crippen molar-refractivity contribution in [2.24, 2.45) is 11.7 Å². The Balaban J connectivity index is 1.43. The highest BCUT2D eigenvalue weighted by Gasteiger charge is 2.36. The number of hydrogen-bond donors (Lipinski definition) is 4. The molecule has 2 fully saturated rings. The van der Waals surface area contributed by atoms with Gasteiger partial charge in [-0.1, -0.05) is 19.8 Å². The third kappa shape index (κ3) is 5.28. The van der Waals surface area contributed by atoms with Crippen molar-refractivity contribution in [3.63, 3.8) is 0 Å². The average Bonchev–Trinajstić information content (AvgIpc) is 3.35. The Hall–Kier alpha value is -3.34. The molecule has 1 aromatic carbocycles. The summed E-state index contributed by atoms with van der Waals surface area (Å²) in [5.74, 6) is -3.94.